The number of ether oxygens (including phenoxy) is 1. The highest BCUT2D eigenvalue weighted by molar-refractivity contribution is 5.88. The number of aliphatic hydroxyl groups is 1. The van der Waals surface area contributed by atoms with Gasteiger partial charge in [0.05, 0.1) is 6.61 Å². The van der Waals surface area contributed by atoms with Gasteiger partial charge in [0.1, 0.15) is 17.7 Å². The van der Waals surface area contributed by atoms with Crippen LogP contribution < -0.4 is 4.74 Å². The van der Waals surface area contributed by atoms with Crippen molar-refractivity contribution in [2.75, 3.05) is 6.61 Å². The molecule has 24 heavy (non-hydrogen) atoms. The number of carboxylic acid groups (broad SMARTS) is 1. The van der Waals surface area contributed by atoms with Gasteiger partial charge >= 0.3 is 5.97 Å². The zero-order valence-electron chi connectivity index (χ0n) is 12.8. The van der Waals surface area contributed by atoms with Gasteiger partial charge in [-0.2, -0.15) is 0 Å². The van der Waals surface area contributed by atoms with Crippen LogP contribution in [0.3, 0.4) is 0 Å². The van der Waals surface area contributed by atoms with Crippen molar-refractivity contribution in [3.05, 3.63) is 47.2 Å². The number of carboxylic acids is 1. The van der Waals surface area contributed by atoms with Crippen LogP contribution in [0.25, 0.3) is 11.1 Å². The first-order valence-electron chi connectivity index (χ1n) is 7.41. The number of halogens is 2. The highest BCUT2D eigenvalue weighted by Gasteiger charge is 2.31. The van der Waals surface area contributed by atoms with Crippen LogP contribution in [-0.2, 0) is 6.42 Å². The molecule has 0 unspecified atom stereocenters. The minimum Gasteiger partial charge on any atom is -0.477 e. The number of rotatable bonds is 3. The second-order valence-corrected chi connectivity index (χ2v) is 5.79. The van der Waals surface area contributed by atoms with E-state index in [4.69, 9.17) is 4.74 Å². The van der Waals surface area contributed by atoms with Gasteiger partial charge in [-0.3, -0.25) is 0 Å². The number of hydrogen-bond donors (Lipinski definition) is 2. The summed E-state index contributed by atoms with van der Waals surface area (Å²) < 4.78 is 32.9. The second-order valence-electron chi connectivity index (χ2n) is 5.79. The van der Waals surface area contributed by atoms with E-state index in [2.05, 4.69) is 4.98 Å². The summed E-state index contributed by atoms with van der Waals surface area (Å²) in [5.41, 5.74) is 0.621. The average Bonchev–Trinajstić information content (AvgIpc) is 2.53. The summed E-state index contributed by atoms with van der Waals surface area (Å²) in [5, 5.41) is 18.6. The number of carbonyl (C=O) groups is 1. The highest BCUT2D eigenvalue weighted by Crippen LogP contribution is 2.38. The number of nitrogens with zero attached hydrogens (tertiary/aromatic N) is 1. The van der Waals surface area contributed by atoms with Crippen LogP contribution in [0, 0.1) is 17.6 Å². The molecule has 0 radical (unpaired) electrons. The Morgan fingerprint density at radius 2 is 2.08 bits per heavy atom. The minimum absolute atomic E-state index is 0.0609. The van der Waals surface area contributed by atoms with Crippen LogP contribution in [0.5, 0.6) is 5.88 Å². The Morgan fingerprint density at radius 3 is 2.71 bits per heavy atom. The van der Waals surface area contributed by atoms with E-state index in [0.717, 1.165) is 12.1 Å². The summed E-state index contributed by atoms with van der Waals surface area (Å²) in [7, 11) is 0. The molecule has 0 saturated carbocycles. The van der Waals surface area contributed by atoms with Crippen molar-refractivity contribution in [2.45, 2.75) is 19.4 Å². The molecular formula is C17H15F2NO4. The van der Waals surface area contributed by atoms with Gasteiger partial charge in [-0.25, -0.2) is 18.6 Å². The fourth-order valence-electron chi connectivity index (χ4n) is 2.83. The first-order valence-corrected chi connectivity index (χ1v) is 7.41. The molecule has 0 bridgehead atoms. The molecule has 0 aliphatic carbocycles. The maximum Gasteiger partial charge on any atom is 0.354 e. The van der Waals surface area contributed by atoms with Gasteiger partial charge in [0, 0.05) is 17.2 Å². The normalized spacial score (nSPS) is 19.5. The van der Waals surface area contributed by atoms with E-state index < -0.39 is 23.7 Å². The molecule has 0 fully saturated rings. The monoisotopic (exact) mass is 335 g/mol. The maximum absolute atomic E-state index is 14.2. The predicted molar refractivity (Wildman–Crippen MR) is 80.9 cm³/mol. The van der Waals surface area contributed by atoms with Crippen molar-refractivity contribution >= 4 is 5.97 Å². The summed E-state index contributed by atoms with van der Waals surface area (Å²) >= 11 is 0. The molecule has 2 N–H and O–H groups in total. The molecule has 2 atom stereocenters. The largest absolute Gasteiger partial charge is 0.477 e. The fourth-order valence-corrected chi connectivity index (χ4v) is 2.83. The van der Waals surface area contributed by atoms with Gasteiger partial charge in [0.15, 0.2) is 5.69 Å². The summed E-state index contributed by atoms with van der Waals surface area (Å²) in [6.45, 7) is 1.62. The van der Waals surface area contributed by atoms with Gasteiger partial charge in [-0.1, -0.05) is 6.92 Å². The van der Waals surface area contributed by atoms with Crippen molar-refractivity contribution in [1.29, 1.82) is 0 Å². The van der Waals surface area contributed by atoms with Crippen LogP contribution >= 0.6 is 0 Å². The van der Waals surface area contributed by atoms with E-state index in [1.807, 2.05) is 6.92 Å². The zero-order chi connectivity index (χ0) is 17.4. The quantitative estimate of drug-likeness (QED) is 0.901. The Bertz CT molecular complexity index is 809. The first-order chi connectivity index (χ1) is 11.4. The standard InChI is InChI=1S/C17H15F2NO4/c1-8-4-12-11(10-3-2-9(18)5-13(10)19)6-14(17(22)23)20-16(12)24-15(8)7-21/h2-3,5-6,8,15,21H,4,7H2,1H3,(H,22,23)/t8-,15-/m1/s1. The van der Waals surface area contributed by atoms with Crippen molar-refractivity contribution in [2.24, 2.45) is 5.92 Å². The molecule has 1 aromatic heterocycles. The number of pyridine rings is 1. The Morgan fingerprint density at radius 1 is 1.33 bits per heavy atom. The van der Waals surface area contributed by atoms with E-state index in [1.54, 1.807) is 0 Å². The van der Waals surface area contributed by atoms with Crippen LogP contribution in [0.15, 0.2) is 24.3 Å². The summed E-state index contributed by atoms with van der Waals surface area (Å²) in [6, 6.07) is 4.36. The molecule has 2 heterocycles. The first kappa shape index (κ1) is 16.3. The topological polar surface area (TPSA) is 79.7 Å². The van der Waals surface area contributed by atoms with E-state index in [9.17, 15) is 23.8 Å². The maximum atomic E-state index is 14.2. The number of fused-ring (bicyclic) bond motifs is 1. The Kier molecular flexibility index (Phi) is 4.19. The molecule has 5 nitrogen and oxygen atoms in total. The lowest BCUT2D eigenvalue weighted by Crippen LogP contribution is -2.35. The van der Waals surface area contributed by atoms with Gasteiger partial charge in [-0.15, -0.1) is 0 Å². The molecule has 3 rings (SSSR count). The molecule has 7 heteroatoms. The third-order valence-corrected chi connectivity index (χ3v) is 4.13. The lowest BCUT2D eigenvalue weighted by molar-refractivity contribution is 0.0551. The van der Waals surface area contributed by atoms with Gasteiger partial charge < -0.3 is 14.9 Å². The van der Waals surface area contributed by atoms with Crippen LogP contribution in [0.4, 0.5) is 8.78 Å². The molecule has 0 amide bonds. The average molecular weight is 335 g/mol. The number of benzene rings is 1. The Labute approximate surface area is 136 Å². The van der Waals surface area contributed by atoms with E-state index in [0.29, 0.717) is 17.5 Å². The Balaban J connectivity index is 2.21. The lowest BCUT2D eigenvalue weighted by atomic mass is 9.88. The molecule has 1 aliphatic heterocycles. The minimum atomic E-state index is -1.29. The molecule has 2 aromatic rings. The van der Waals surface area contributed by atoms with Crippen molar-refractivity contribution in [3.63, 3.8) is 0 Å². The number of aromatic nitrogens is 1. The van der Waals surface area contributed by atoms with Gasteiger partial charge in [0.2, 0.25) is 5.88 Å². The zero-order valence-corrected chi connectivity index (χ0v) is 12.8. The number of aliphatic hydroxyl groups excluding tert-OH is 1. The third-order valence-electron chi connectivity index (χ3n) is 4.13. The van der Waals surface area contributed by atoms with E-state index >= 15 is 0 Å². The van der Waals surface area contributed by atoms with Crippen LogP contribution in [0.2, 0.25) is 0 Å². The summed E-state index contributed by atoms with van der Waals surface area (Å²) in [4.78, 5) is 15.3. The second kappa shape index (κ2) is 6.16. The smallest absolute Gasteiger partial charge is 0.354 e. The molecule has 0 saturated heterocycles. The molecule has 1 aliphatic rings. The van der Waals surface area contributed by atoms with Crippen molar-refractivity contribution < 1.29 is 28.5 Å². The van der Waals surface area contributed by atoms with Crippen LogP contribution in [-0.4, -0.2) is 33.9 Å². The van der Waals surface area contributed by atoms with Crippen LogP contribution in [0.1, 0.15) is 23.0 Å². The number of hydrogen-bond acceptors (Lipinski definition) is 4. The molecule has 1 aromatic carbocycles. The molecular weight excluding hydrogens is 320 g/mol. The number of aromatic carboxylic acids is 1. The van der Waals surface area contributed by atoms with Gasteiger partial charge in [-0.05, 0) is 36.1 Å². The highest BCUT2D eigenvalue weighted by atomic mass is 19.1. The predicted octanol–water partition coefficient (Wildman–Crippen LogP) is 2.66. The van der Waals surface area contributed by atoms with Crippen molar-refractivity contribution in [1.82, 2.24) is 4.98 Å². The Hall–Kier alpha value is -2.54. The van der Waals surface area contributed by atoms with Crippen molar-refractivity contribution in [3.8, 4) is 17.0 Å². The van der Waals surface area contributed by atoms with E-state index in [-0.39, 0.29) is 29.7 Å². The molecule has 126 valence electrons. The molecule has 0 spiro atoms. The lowest BCUT2D eigenvalue weighted by Gasteiger charge is -2.31. The summed E-state index contributed by atoms with van der Waals surface area (Å²) in [5.74, 6) is -2.81. The van der Waals surface area contributed by atoms with E-state index in [1.165, 1.54) is 12.1 Å². The van der Waals surface area contributed by atoms with Gasteiger partial charge in [0.25, 0.3) is 0 Å². The fraction of sp³-hybridized carbons (Fsp3) is 0.294. The third kappa shape index (κ3) is 2.82. The SMILES string of the molecule is C[C@@H]1Cc2c(-c3ccc(F)cc3F)cc(C(=O)O)nc2O[C@@H]1CO. The summed E-state index contributed by atoms with van der Waals surface area (Å²) in [6.07, 6.45) is -0.0838.